The van der Waals surface area contributed by atoms with Gasteiger partial charge in [-0.2, -0.15) is 0 Å². The molecule has 0 N–H and O–H groups in total. The lowest BCUT2D eigenvalue weighted by molar-refractivity contribution is 0.410. The molecule has 0 radical (unpaired) electrons. The fraction of sp³-hybridized carbons (Fsp3) is 0.200. The van der Waals surface area contributed by atoms with Crippen LogP contribution in [-0.2, 0) is 0 Å². The number of aryl methyl sites for hydroxylation is 1. The van der Waals surface area contributed by atoms with Crippen LogP contribution in [0.4, 0.5) is 4.39 Å². The summed E-state index contributed by atoms with van der Waals surface area (Å²) in [6.45, 7) is 1.99. The fourth-order valence-corrected chi connectivity index (χ4v) is 3.02. The van der Waals surface area contributed by atoms with Crippen molar-refractivity contribution in [3.05, 3.63) is 62.3 Å². The number of alkyl halides is 1. The maximum atomic E-state index is 13.6. The second-order valence-corrected chi connectivity index (χ2v) is 6.56. The zero-order valence-electron chi connectivity index (χ0n) is 10.9. The molecule has 0 aromatic heterocycles. The van der Waals surface area contributed by atoms with E-state index in [9.17, 15) is 4.39 Å². The Morgan fingerprint density at radius 3 is 2.55 bits per heavy atom. The SMILES string of the molecule is COc1cc(C)c(Br)cc1C(Br)c1ccc(Cl)c(F)c1. The molecule has 20 heavy (non-hydrogen) atoms. The largest absolute Gasteiger partial charge is 0.496 e. The van der Waals surface area contributed by atoms with E-state index < -0.39 is 5.82 Å². The number of hydrogen-bond acceptors (Lipinski definition) is 1. The van der Waals surface area contributed by atoms with Crippen LogP contribution in [-0.4, -0.2) is 7.11 Å². The average molecular weight is 423 g/mol. The van der Waals surface area contributed by atoms with Crippen molar-refractivity contribution in [3.63, 3.8) is 0 Å². The van der Waals surface area contributed by atoms with Gasteiger partial charge in [-0.3, -0.25) is 0 Å². The minimum Gasteiger partial charge on any atom is -0.496 e. The van der Waals surface area contributed by atoms with Gasteiger partial charge in [0, 0.05) is 10.0 Å². The lowest BCUT2D eigenvalue weighted by atomic mass is 10.0. The Morgan fingerprint density at radius 1 is 1.25 bits per heavy atom. The molecule has 2 aromatic carbocycles. The van der Waals surface area contributed by atoms with Crippen LogP contribution in [0.5, 0.6) is 5.75 Å². The molecule has 0 aliphatic heterocycles. The number of hydrogen-bond donors (Lipinski definition) is 0. The maximum Gasteiger partial charge on any atom is 0.142 e. The maximum absolute atomic E-state index is 13.6. The van der Waals surface area contributed by atoms with Crippen molar-refractivity contribution in [2.24, 2.45) is 0 Å². The number of benzene rings is 2. The molecule has 0 saturated heterocycles. The van der Waals surface area contributed by atoms with Crippen molar-refractivity contribution in [2.45, 2.75) is 11.8 Å². The van der Waals surface area contributed by atoms with Gasteiger partial charge in [-0.05, 0) is 42.3 Å². The van der Waals surface area contributed by atoms with Crippen LogP contribution in [0.1, 0.15) is 21.5 Å². The summed E-state index contributed by atoms with van der Waals surface area (Å²) in [6.07, 6.45) is 0. The second kappa shape index (κ2) is 6.46. The van der Waals surface area contributed by atoms with Crippen molar-refractivity contribution in [1.29, 1.82) is 0 Å². The van der Waals surface area contributed by atoms with E-state index in [4.69, 9.17) is 16.3 Å². The van der Waals surface area contributed by atoms with Crippen LogP contribution in [0.2, 0.25) is 5.02 Å². The Kier molecular flexibility index (Phi) is 5.10. The van der Waals surface area contributed by atoms with E-state index in [1.807, 2.05) is 19.1 Å². The third kappa shape index (κ3) is 3.18. The van der Waals surface area contributed by atoms with E-state index in [1.54, 1.807) is 19.2 Å². The van der Waals surface area contributed by atoms with Crippen molar-refractivity contribution in [3.8, 4) is 5.75 Å². The predicted octanol–water partition coefficient (Wildman–Crippen LogP) is 6.04. The highest BCUT2D eigenvalue weighted by Gasteiger charge is 2.18. The van der Waals surface area contributed by atoms with Crippen LogP contribution < -0.4 is 4.74 Å². The van der Waals surface area contributed by atoms with Crippen LogP contribution in [0.25, 0.3) is 0 Å². The van der Waals surface area contributed by atoms with E-state index in [-0.39, 0.29) is 9.85 Å². The van der Waals surface area contributed by atoms with Crippen molar-refractivity contribution in [1.82, 2.24) is 0 Å². The third-order valence-electron chi connectivity index (χ3n) is 3.02. The van der Waals surface area contributed by atoms with E-state index in [2.05, 4.69) is 31.9 Å². The highest BCUT2D eigenvalue weighted by atomic mass is 79.9. The predicted molar refractivity (Wildman–Crippen MR) is 87.6 cm³/mol. The first-order valence-corrected chi connectivity index (χ1v) is 7.95. The summed E-state index contributed by atoms with van der Waals surface area (Å²) in [5, 5.41) is 0.116. The molecule has 1 nitrogen and oxygen atoms in total. The lowest BCUT2D eigenvalue weighted by Gasteiger charge is -2.16. The Hall–Kier alpha value is -0.580. The number of halogens is 4. The van der Waals surface area contributed by atoms with Gasteiger partial charge in [0.1, 0.15) is 11.6 Å². The Bertz CT molecular complexity index is 646. The summed E-state index contributed by atoms with van der Waals surface area (Å²) in [7, 11) is 1.62. The van der Waals surface area contributed by atoms with Gasteiger partial charge in [0.05, 0.1) is 17.0 Å². The standard InChI is InChI=1S/C15H12Br2ClFO/c1-8-5-14(20-2)10(7-11(8)16)15(17)9-3-4-12(18)13(19)6-9/h3-7,15H,1-2H3. The molecule has 2 aromatic rings. The van der Waals surface area contributed by atoms with Gasteiger partial charge >= 0.3 is 0 Å². The summed E-state index contributed by atoms with van der Waals surface area (Å²) in [5.41, 5.74) is 2.78. The first-order chi connectivity index (χ1) is 9.43. The Morgan fingerprint density at radius 2 is 1.95 bits per heavy atom. The van der Waals surface area contributed by atoms with Crippen LogP contribution in [0.15, 0.2) is 34.8 Å². The molecule has 5 heteroatoms. The van der Waals surface area contributed by atoms with E-state index in [1.165, 1.54) is 6.07 Å². The smallest absolute Gasteiger partial charge is 0.142 e. The van der Waals surface area contributed by atoms with Gasteiger partial charge in [0.15, 0.2) is 0 Å². The normalized spacial score (nSPS) is 12.3. The average Bonchev–Trinajstić information content (AvgIpc) is 2.43. The Labute approximate surface area is 139 Å². The summed E-state index contributed by atoms with van der Waals surface area (Å²) in [5.74, 6) is 0.321. The van der Waals surface area contributed by atoms with Crippen LogP contribution in [0, 0.1) is 12.7 Å². The van der Waals surface area contributed by atoms with Gasteiger partial charge in [0.2, 0.25) is 0 Å². The van der Waals surface area contributed by atoms with Gasteiger partial charge in [0.25, 0.3) is 0 Å². The second-order valence-electron chi connectivity index (χ2n) is 4.38. The molecule has 0 bridgehead atoms. The molecule has 106 valence electrons. The number of ether oxygens (including phenoxy) is 1. The molecular formula is C15H12Br2ClFO. The number of rotatable bonds is 3. The molecule has 1 atom stereocenters. The van der Waals surface area contributed by atoms with Gasteiger partial charge < -0.3 is 4.74 Å². The number of methoxy groups -OCH3 is 1. The lowest BCUT2D eigenvalue weighted by Crippen LogP contribution is -1.99. The van der Waals surface area contributed by atoms with Gasteiger partial charge in [-0.1, -0.05) is 49.5 Å². The molecule has 0 aliphatic carbocycles. The minimum absolute atomic E-state index is 0.116. The van der Waals surface area contributed by atoms with E-state index in [0.717, 1.165) is 26.9 Å². The van der Waals surface area contributed by atoms with Crippen LogP contribution in [0.3, 0.4) is 0 Å². The third-order valence-corrected chi connectivity index (χ3v) is 5.20. The molecule has 0 amide bonds. The van der Waals surface area contributed by atoms with Gasteiger partial charge in [-0.15, -0.1) is 0 Å². The highest BCUT2D eigenvalue weighted by molar-refractivity contribution is 9.10. The zero-order chi connectivity index (χ0) is 14.9. The molecular weight excluding hydrogens is 410 g/mol. The van der Waals surface area contributed by atoms with Crippen molar-refractivity contribution < 1.29 is 9.13 Å². The molecule has 1 unspecified atom stereocenters. The van der Waals surface area contributed by atoms with Crippen molar-refractivity contribution >= 4 is 43.5 Å². The highest BCUT2D eigenvalue weighted by Crippen LogP contribution is 2.39. The first-order valence-electron chi connectivity index (χ1n) is 5.87. The molecule has 0 fully saturated rings. The quantitative estimate of drug-likeness (QED) is 0.548. The van der Waals surface area contributed by atoms with Crippen molar-refractivity contribution in [2.75, 3.05) is 7.11 Å². The summed E-state index contributed by atoms with van der Waals surface area (Å²) >= 11 is 12.8. The molecule has 0 saturated carbocycles. The Balaban J connectivity index is 2.49. The molecule has 2 rings (SSSR count). The van der Waals surface area contributed by atoms with E-state index in [0.29, 0.717) is 0 Å². The summed E-state index contributed by atoms with van der Waals surface area (Å²) in [6, 6.07) is 8.68. The molecule has 0 heterocycles. The summed E-state index contributed by atoms with van der Waals surface area (Å²) < 4.78 is 20.0. The molecule has 0 spiro atoms. The topological polar surface area (TPSA) is 9.23 Å². The van der Waals surface area contributed by atoms with Crippen LogP contribution >= 0.6 is 43.5 Å². The molecule has 0 aliphatic rings. The van der Waals surface area contributed by atoms with E-state index >= 15 is 0 Å². The first kappa shape index (κ1) is 15.8. The zero-order valence-corrected chi connectivity index (χ0v) is 14.8. The summed E-state index contributed by atoms with van der Waals surface area (Å²) in [4.78, 5) is -0.180. The monoisotopic (exact) mass is 420 g/mol. The van der Waals surface area contributed by atoms with Gasteiger partial charge in [-0.25, -0.2) is 4.39 Å². The minimum atomic E-state index is -0.432. The fourth-order valence-electron chi connectivity index (χ4n) is 1.89.